The molecule has 1 atom stereocenters. The third kappa shape index (κ3) is 3.35. The van der Waals surface area contributed by atoms with Crippen LogP contribution in [0.4, 0.5) is 0 Å². The maximum Gasteiger partial charge on any atom is 0.247 e. The minimum absolute atomic E-state index is 0.424. The summed E-state index contributed by atoms with van der Waals surface area (Å²) in [5.41, 5.74) is 0.953. The average Bonchev–Trinajstić information content (AvgIpc) is 3.29. The molecule has 3 heterocycles. The summed E-state index contributed by atoms with van der Waals surface area (Å²) in [5, 5.41) is 12.6. The highest BCUT2D eigenvalue weighted by Crippen LogP contribution is 2.22. The number of likely N-dealkylation sites (tertiary alicyclic amines) is 1. The van der Waals surface area contributed by atoms with E-state index in [0.29, 0.717) is 24.4 Å². The average molecular weight is 324 g/mol. The Balaban J connectivity index is 1.46. The standard InChI is InChI=1S/C17H20N6O/c1-2-6-14(7-3-1)17-21-20-16(24-17)11-22-9-5-4-8-15(22)10-23-13-18-12-19-23/h1-3,6-7,12-13,15H,4-5,8-11H2. The van der Waals surface area contributed by atoms with Gasteiger partial charge in [0.1, 0.15) is 12.7 Å². The van der Waals surface area contributed by atoms with Crippen LogP contribution in [0.5, 0.6) is 0 Å². The molecule has 0 saturated carbocycles. The summed E-state index contributed by atoms with van der Waals surface area (Å²) in [6.45, 7) is 2.57. The molecule has 0 aliphatic carbocycles. The molecule has 3 aromatic rings. The van der Waals surface area contributed by atoms with Crippen LogP contribution in [0.25, 0.3) is 11.5 Å². The van der Waals surface area contributed by atoms with Gasteiger partial charge >= 0.3 is 0 Å². The van der Waals surface area contributed by atoms with Crippen molar-refractivity contribution < 1.29 is 4.42 Å². The molecule has 2 aromatic heterocycles. The van der Waals surface area contributed by atoms with Gasteiger partial charge in [-0.05, 0) is 31.5 Å². The van der Waals surface area contributed by atoms with Crippen LogP contribution in [0.15, 0.2) is 47.4 Å². The van der Waals surface area contributed by atoms with Gasteiger partial charge in [-0.2, -0.15) is 5.10 Å². The number of benzene rings is 1. The van der Waals surface area contributed by atoms with E-state index in [1.165, 1.54) is 12.8 Å². The number of piperidine rings is 1. The van der Waals surface area contributed by atoms with Gasteiger partial charge in [-0.25, -0.2) is 4.98 Å². The Morgan fingerprint density at radius 2 is 2.04 bits per heavy atom. The fourth-order valence-corrected chi connectivity index (χ4v) is 3.21. The van der Waals surface area contributed by atoms with E-state index in [1.807, 2.05) is 35.0 Å². The van der Waals surface area contributed by atoms with Crippen LogP contribution in [0.3, 0.4) is 0 Å². The molecule has 1 unspecified atom stereocenters. The van der Waals surface area contributed by atoms with Gasteiger partial charge in [-0.3, -0.25) is 9.58 Å². The zero-order chi connectivity index (χ0) is 16.2. The van der Waals surface area contributed by atoms with E-state index in [9.17, 15) is 0 Å². The van der Waals surface area contributed by atoms with Crippen molar-refractivity contribution in [1.29, 1.82) is 0 Å². The van der Waals surface area contributed by atoms with Crippen molar-refractivity contribution in [1.82, 2.24) is 29.9 Å². The highest BCUT2D eigenvalue weighted by Gasteiger charge is 2.25. The van der Waals surface area contributed by atoms with Crippen LogP contribution in [0.1, 0.15) is 25.2 Å². The maximum atomic E-state index is 5.86. The second-order valence-corrected chi connectivity index (χ2v) is 6.10. The quantitative estimate of drug-likeness (QED) is 0.717. The zero-order valence-corrected chi connectivity index (χ0v) is 13.5. The molecule has 0 spiro atoms. The fraction of sp³-hybridized carbons (Fsp3) is 0.412. The molecule has 124 valence electrons. The molecule has 1 saturated heterocycles. The van der Waals surface area contributed by atoms with Crippen molar-refractivity contribution in [3.63, 3.8) is 0 Å². The predicted octanol–water partition coefficient (Wildman–Crippen LogP) is 2.38. The van der Waals surface area contributed by atoms with E-state index in [4.69, 9.17) is 4.42 Å². The lowest BCUT2D eigenvalue weighted by Crippen LogP contribution is -2.41. The van der Waals surface area contributed by atoms with Crippen molar-refractivity contribution in [3.8, 4) is 11.5 Å². The monoisotopic (exact) mass is 324 g/mol. The van der Waals surface area contributed by atoms with Crippen LogP contribution < -0.4 is 0 Å². The summed E-state index contributed by atoms with van der Waals surface area (Å²) in [6, 6.07) is 10.3. The van der Waals surface area contributed by atoms with Gasteiger partial charge in [0.25, 0.3) is 0 Å². The first-order valence-corrected chi connectivity index (χ1v) is 8.33. The third-order valence-corrected chi connectivity index (χ3v) is 4.44. The van der Waals surface area contributed by atoms with Crippen LogP contribution >= 0.6 is 0 Å². The number of nitrogens with zero attached hydrogens (tertiary/aromatic N) is 6. The van der Waals surface area contributed by atoms with Crippen LogP contribution in [0.2, 0.25) is 0 Å². The van der Waals surface area contributed by atoms with Gasteiger partial charge in [0.05, 0.1) is 13.1 Å². The van der Waals surface area contributed by atoms with Gasteiger partial charge in [0.15, 0.2) is 0 Å². The minimum Gasteiger partial charge on any atom is -0.419 e. The van der Waals surface area contributed by atoms with Crippen LogP contribution in [0, 0.1) is 0 Å². The molecule has 7 heteroatoms. The summed E-state index contributed by atoms with van der Waals surface area (Å²) in [5.74, 6) is 1.25. The Kier molecular flexibility index (Phi) is 4.33. The van der Waals surface area contributed by atoms with Gasteiger partial charge in [0, 0.05) is 11.6 Å². The Labute approximate surface area is 140 Å². The molecule has 7 nitrogen and oxygen atoms in total. The van der Waals surface area contributed by atoms with Gasteiger partial charge in [-0.1, -0.05) is 24.6 Å². The second kappa shape index (κ2) is 6.92. The molecule has 1 fully saturated rings. The fourth-order valence-electron chi connectivity index (χ4n) is 3.21. The van der Waals surface area contributed by atoms with Gasteiger partial charge in [0.2, 0.25) is 11.8 Å². The first-order chi connectivity index (χ1) is 11.9. The van der Waals surface area contributed by atoms with Crippen molar-refractivity contribution >= 4 is 0 Å². The lowest BCUT2D eigenvalue weighted by atomic mass is 10.0. The van der Waals surface area contributed by atoms with Crippen LogP contribution in [-0.4, -0.2) is 42.4 Å². The van der Waals surface area contributed by atoms with Gasteiger partial charge < -0.3 is 4.42 Å². The van der Waals surface area contributed by atoms with Crippen molar-refractivity contribution in [2.24, 2.45) is 0 Å². The number of hydrogen-bond acceptors (Lipinski definition) is 6. The molecule has 0 amide bonds. The van der Waals surface area contributed by atoms with E-state index in [1.54, 1.807) is 12.7 Å². The van der Waals surface area contributed by atoms with E-state index < -0.39 is 0 Å². The van der Waals surface area contributed by atoms with E-state index in [0.717, 1.165) is 25.1 Å². The molecule has 1 aromatic carbocycles. The molecule has 24 heavy (non-hydrogen) atoms. The largest absolute Gasteiger partial charge is 0.419 e. The van der Waals surface area contributed by atoms with Crippen LogP contribution in [-0.2, 0) is 13.1 Å². The highest BCUT2D eigenvalue weighted by molar-refractivity contribution is 5.51. The maximum absolute atomic E-state index is 5.86. The lowest BCUT2D eigenvalue weighted by molar-refractivity contribution is 0.111. The van der Waals surface area contributed by atoms with Crippen molar-refractivity contribution in [2.75, 3.05) is 6.54 Å². The normalized spacial score (nSPS) is 18.8. The lowest BCUT2D eigenvalue weighted by Gasteiger charge is -2.34. The summed E-state index contributed by atoms with van der Waals surface area (Å²) >= 11 is 0. The molecular weight excluding hydrogens is 304 g/mol. The number of aromatic nitrogens is 5. The van der Waals surface area contributed by atoms with Gasteiger partial charge in [-0.15, -0.1) is 10.2 Å². The second-order valence-electron chi connectivity index (χ2n) is 6.10. The topological polar surface area (TPSA) is 72.9 Å². The smallest absolute Gasteiger partial charge is 0.247 e. The predicted molar refractivity (Wildman–Crippen MR) is 87.8 cm³/mol. The SMILES string of the molecule is c1ccc(-c2nnc(CN3CCCCC3Cn3cncn3)o2)cc1. The Morgan fingerprint density at radius 3 is 2.88 bits per heavy atom. The summed E-state index contributed by atoms with van der Waals surface area (Å²) in [7, 11) is 0. The van der Waals surface area contributed by atoms with Crippen molar-refractivity contribution in [2.45, 2.75) is 38.4 Å². The molecule has 0 N–H and O–H groups in total. The van der Waals surface area contributed by atoms with Crippen molar-refractivity contribution in [3.05, 3.63) is 48.9 Å². The number of hydrogen-bond donors (Lipinski definition) is 0. The Morgan fingerprint density at radius 1 is 1.12 bits per heavy atom. The zero-order valence-electron chi connectivity index (χ0n) is 13.5. The van der Waals surface area contributed by atoms with E-state index >= 15 is 0 Å². The van der Waals surface area contributed by atoms with E-state index in [-0.39, 0.29) is 0 Å². The summed E-state index contributed by atoms with van der Waals surface area (Å²) in [6.07, 6.45) is 6.95. The molecule has 0 bridgehead atoms. The molecule has 1 aliphatic heterocycles. The molecule has 4 rings (SSSR count). The minimum atomic E-state index is 0.424. The Bertz CT molecular complexity index is 755. The first-order valence-electron chi connectivity index (χ1n) is 8.33. The summed E-state index contributed by atoms with van der Waals surface area (Å²) < 4.78 is 7.75. The molecule has 0 radical (unpaired) electrons. The Hall–Kier alpha value is -2.54. The first kappa shape index (κ1) is 15.0. The highest BCUT2D eigenvalue weighted by atomic mass is 16.4. The number of rotatable bonds is 5. The summed E-state index contributed by atoms with van der Waals surface area (Å²) in [4.78, 5) is 6.44. The third-order valence-electron chi connectivity index (χ3n) is 4.44. The van der Waals surface area contributed by atoms with E-state index in [2.05, 4.69) is 25.2 Å². The molecular formula is C17H20N6O. The molecule has 1 aliphatic rings.